The first-order valence-corrected chi connectivity index (χ1v) is 13.6. The number of fused-ring (bicyclic) bond motifs is 1. The summed E-state index contributed by atoms with van der Waals surface area (Å²) in [6, 6.07) is 3.37. The number of carbonyl (C=O) groups is 1. The van der Waals surface area contributed by atoms with Gasteiger partial charge >= 0.3 is 5.97 Å². The molecule has 0 bridgehead atoms. The minimum atomic E-state index is -1.73. The molecule has 1 aliphatic carbocycles. The highest BCUT2D eigenvalue weighted by molar-refractivity contribution is 6.73. The Bertz CT molecular complexity index is 504. The van der Waals surface area contributed by atoms with E-state index in [1.54, 1.807) is 0 Å². The van der Waals surface area contributed by atoms with Crippen LogP contribution in [0.3, 0.4) is 0 Å². The van der Waals surface area contributed by atoms with Crippen LogP contribution >= 0.6 is 0 Å². The van der Waals surface area contributed by atoms with Crippen molar-refractivity contribution >= 4 is 14.3 Å². The summed E-state index contributed by atoms with van der Waals surface area (Å²) in [5, 5.41) is 10.7. The molecule has 1 saturated carbocycles. The molecule has 2 rings (SSSR count). The van der Waals surface area contributed by atoms with E-state index in [9.17, 15) is 9.90 Å². The zero-order valence-electron chi connectivity index (χ0n) is 18.0. The molecular weight excluding hydrogens is 356 g/mol. The van der Waals surface area contributed by atoms with E-state index >= 15 is 0 Å². The minimum Gasteiger partial charge on any atom is -0.462 e. The maximum Gasteiger partial charge on any atom is 0.306 e. The average Bonchev–Trinajstić information content (AvgIpc) is 3.13. The van der Waals surface area contributed by atoms with E-state index < -0.39 is 13.9 Å². The fraction of sp³-hybridized carbons (Fsp3) is 0.864. The lowest BCUT2D eigenvalue weighted by Crippen LogP contribution is -2.41. The van der Waals surface area contributed by atoms with Gasteiger partial charge in [0.15, 0.2) is 8.32 Å². The molecule has 0 amide bonds. The number of esters is 1. The van der Waals surface area contributed by atoms with Gasteiger partial charge in [-0.15, -0.1) is 0 Å². The molecule has 1 heterocycles. The second kappa shape index (κ2) is 9.70. The smallest absolute Gasteiger partial charge is 0.306 e. The standard InChI is InChI=1S/C22H40O4Si/c1-6-10-11-13-22(5,24)14-12-17-18-15-21(23)25-19(18)16-20(17)26-27(7-2,8-3)9-4/h12,14,17-20,24H,6-11,13,15-16H2,1-5H3/b14-12+/t17-,18-,19+,20-,22+/m1/s1. The largest absolute Gasteiger partial charge is 0.462 e. The van der Waals surface area contributed by atoms with E-state index in [1.165, 1.54) is 0 Å². The number of hydrogen-bond acceptors (Lipinski definition) is 4. The Labute approximate surface area is 166 Å². The third kappa shape index (κ3) is 5.67. The summed E-state index contributed by atoms with van der Waals surface area (Å²) < 4.78 is 12.4. The number of hydrogen-bond donors (Lipinski definition) is 1. The van der Waals surface area contributed by atoms with Crippen LogP contribution in [0, 0.1) is 11.8 Å². The van der Waals surface area contributed by atoms with E-state index in [0.717, 1.165) is 50.2 Å². The minimum absolute atomic E-state index is 0.0144. The molecule has 27 heavy (non-hydrogen) atoms. The second-order valence-electron chi connectivity index (χ2n) is 8.78. The normalized spacial score (nSPS) is 30.5. The van der Waals surface area contributed by atoms with Crippen LogP contribution in [0.5, 0.6) is 0 Å². The Morgan fingerprint density at radius 1 is 1.22 bits per heavy atom. The lowest BCUT2D eigenvalue weighted by molar-refractivity contribution is -0.141. The monoisotopic (exact) mass is 396 g/mol. The van der Waals surface area contributed by atoms with Crippen LogP contribution in [-0.4, -0.2) is 37.2 Å². The van der Waals surface area contributed by atoms with Gasteiger partial charge in [-0.1, -0.05) is 59.1 Å². The van der Waals surface area contributed by atoms with Gasteiger partial charge in [0.1, 0.15) is 6.10 Å². The number of aliphatic hydroxyl groups is 1. The molecule has 5 heteroatoms. The molecule has 0 aromatic carbocycles. The molecule has 2 aliphatic rings. The maximum absolute atomic E-state index is 11.8. The number of ether oxygens (including phenoxy) is 1. The predicted octanol–water partition coefficient (Wildman–Crippen LogP) is 5.22. The predicted molar refractivity (Wildman–Crippen MR) is 112 cm³/mol. The third-order valence-corrected chi connectivity index (χ3v) is 11.5. The summed E-state index contributed by atoms with van der Waals surface area (Å²) in [6.45, 7) is 10.8. The van der Waals surface area contributed by atoms with Crippen LogP contribution in [0.1, 0.15) is 73.1 Å². The molecule has 4 nitrogen and oxygen atoms in total. The van der Waals surface area contributed by atoms with Gasteiger partial charge in [-0.05, 0) is 31.5 Å². The van der Waals surface area contributed by atoms with E-state index in [4.69, 9.17) is 9.16 Å². The van der Waals surface area contributed by atoms with Crippen molar-refractivity contribution in [2.24, 2.45) is 11.8 Å². The van der Waals surface area contributed by atoms with Crippen molar-refractivity contribution in [1.82, 2.24) is 0 Å². The van der Waals surface area contributed by atoms with Gasteiger partial charge in [0.2, 0.25) is 0 Å². The van der Waals surface area contributed by atoms with Crippen molar-refractivity contribution in [2.75, 3.05) is 0 Å². The van der Waals surface area contributed by atoms with E-state index in [0.29, 0.717) is 6.42 Å². The molecular formula is C22H40O4Si. The summed E-state index contributed by atoms with van der Waals surface area (Å²) in [5.41, 5.74) is -0.796. The Balaban J connectivity index is 2.14. The fourth-order valence-electron chi connectivity index (χ4n) is 4.75. The van der Waals surface area contributed by atoms with Crippen molar-refractivity contribution in [2.45, 2.75) is 109 Å². The number of unbranched alkanes of at least 4 members (excludes halogenated alkanes) is 2. The van der Waals surface area contributed by atoms with Crippen molar-refractivity contribution in [1.29, 1.82) is 0 Å². The zero-order chi connectivity index (χ0) is 20.1. The number of rotatable bonds is 11. The van der Waals surface area contributed by atoms with Gasteiger partial charge in [0, 0.05) is 18.3 Å². The van der Waals surface area contributed by atoms with E-state index in [2.05, 4.69) is 33.8 Å². The van der Waals surface area contributed by atoms with Gasteiger partial charge in [0.25, 0.3) is 0 Å². The van der Waals surface area contributed by atoms with Crippen LogP contribution in [0.15, 0.2) is 12.2 Å². The molecule has 156 valence electrons. The van der Waals surface area contributed by atoms with Gasteiger partial charge < -0.3 is 14.3 Å². The Kier molecular flexibility index (Phi) is 8.14. The molecule has 0 unspecified atom stereocenters. The van der Waals surface area contributed by atoms with E-state index in [-0.39, 0.29) is 30.0 Å². The summed E-state index contributed by atoms with van der Waals surface area (Å²) in [7, 11) is -1.73. The molecule has 0 aromatic heterocycles. The van der Waals surface area contributed by atoms with Crippen LogP contribution in [-0.2, 0) is 14.0 Å². The first-order chi connectivity index (χ1) is 12.8. The van der Waals surface area contributed by atoms with E-state index in [1.807, 2.05) is 13.0 Å². The van der Waals surface area contributed by atoms with Gasteiger partial charge in [-0.2, -0.15) is 0 Å². The quantitative estimate of drug-likeness (QED) is 0.225. The molecule has 1 saturated heterocycles. The Hall–Kier alpha value is -0.653. The van der Waals surface area contributed by atoms with Gasteiger partial charge in [0.05, 0.1) is 18.1 Å². The van der Waals surface area contributed by atoms with Crippen molar-refractivity contribution < 1.29 is 19.1 Å². The molecule has 0 aromatic rings. The first kappa shape index (κ1) is 22.6. The topological polar surface area (TPSA) is 55.8 Å². The van der Waals surface area contributed by atoms with Crippen molar-refractivity contribution in [3.05, 3.63) is 12.2 Å². The summed E-state index contributed by atoms with van der Waals surface area (Å²) in [5.74, 6) is 0.277. The first-order valence-electron chi connectivity index (χ1n) is 11.1. The molecule has 1 N–H and O–H groups in total. The number of carbonyl (C=O) groups excluding carboxylic acids is 1. The van der Waals surface area contributed by atoms with Crippen molar-refractivity contribution in [3.8, 4) is 0 Å². The molecule has 0 spiro atoms. The lowest BCUT2D eigenvalue weighted by atomic mass is 9.89. The Morgan fingerprint density at radius 2 is 1.89 bits per heavy atom. The van der Waals surface area contributed by atoms with Gasteiger partial charge in [-0.25, -0.2) is 0 Å². The highest BCUT2D eigenvalue weighted by Gasteiger charge is 2.51. The van der Waals surface area contributed by atoms with Crippen LogP contribution in [0.4, 0.5) is 0 Å². The summed E-state index contributed by atoms with van der Waals surface area (Å²) >= 11 is 0. The highest BCUT2D eigenvalue weighted by Crippen LogP contribution is 2.45. The summed E-state index contributed by atoms with van der Waals surface area (Å²) in [4.78, 5) is 11.8. The Morgan fingerprint density at radius 3 is 2.48 bits per heavy atom. The second-order valence-corrected chi connectivity index (χ2v) is 13.5. The third-order valence-electron chi connectivity index (χ3n) is 6.85. The lowest BCUT2D eigenvalue weighted by Gasteiger charge is -2.34. The molecule has 1 aliphatic heterocycles. The SMILES string of the molecule is CCCCC[C@](C)(O)/C=C/[C@@H]1[C@H]2CC(=O)O[C@H]2C[C@H]1O[Si](CC)(CC)CC. The zero-order valence-corrected chi connectivity index (χ0v) is 19.0. The van der Waals surface area contributed by atoms with Crippen LogP contribution in [0.25, 0.3) is 0 Å². The van der Waals surface area contributed by atoms with Crippen LogP contribution in [0.2, 0.25) is 18.1 Å². The highest BCUT2D eigenvalue weighted by atomic mass is 28.4. The maximum atomic E-state index is 11.8. The average molecular weight is 397 g/mol. The molecule has 0 radical (unpaired) electrons. The van der Waals surface area contributed by atoms with Crippen molar-refractivity contribution in [3.63, 3.8) is 0 Å². The fourth-order valence-corrected chi connectivity index (χ4v) is 7.64. The van der Waals surface area contributed by atoms with Gasteiger partial charge in [-0.3, -0.25) is 4.79 Å². The summed E-state index contributed by atoms with van der Waals surface area (Å²) in [6.07, 6.45) is 9.59. The van der Waals surface area contributed by atoms with Crippen LogP contribution < -0.4 is 0 Å². The molecule has 5 atom stereocenters. The molecule has 2 fully saturated rings.